The van der Waals surface area contributed by atoms with Crippen LogP contribution in [0.25, 0.3) is 11.3 Å². The summed E-state index contributed by atoms with van der Waals surface area (Å²) in [7, 11) is 0. The Morgan fingerprint density at radius 1 is 1.42 bits per heavy atom. The van der Waals surface area contributed by atoms with Gasteiger partial charge >= 0.3 is 0 Å². The third kappa shape index (κ3) is 3.88. The van der Waals surface area contributed by atoms with Gasteiger partial charge in [0, 0.05) is 29.0 Å². The molecule has 0 saturated heterocycles. The van der Waals surface area contributed by atoms with E-state index in [-0.39, 0.29) is 5.82 Å². The van der Waals surface area contributed by atoms with Crippen molar-refractivity contribution in [1.29, 1.82) is 0 Å². The number of hydrogen-bond acceptors (Lipinski definition) is 3. The quantitative estimate of drug-likeness (QED) is 0.908. The van der Waals surface area contributed by atoms with E-state index >= 15 is 0 Å². The second kappa shape index (κ2) is 6.30. The van der Waals surface area contributed by atoms with Gasteiger partial charge in [-0.2, -0.15) is 0 Å². The highest BCUT2D eigenvalue weighted by Gasteiger charge is 2.10. The summed E-state index contributed by atoms with van der Waals surface area (Å²) in [5, 5.41) is 3.30. The van der Waals surface area contributed by atoms with Crippen molar-refractivity contribution in [2.75, 3.05) is 6.54 Å². The van der Waals surface area contributed by atoms with Crippen LogP contribution in [0.4, 0.5) is 4.39 Å². The fraction of sp³-hybridized carbons (Fsp3) is 0.357. The topological polar surface area (TPSA) is 38.1 Å². The molecule has 0 unspecified atom stereocenters. The lowest BCUT2D eigenvalue weighted by molar-refractivity contribution is 0.484. The maximum absolute atomic E-state index is 13.0. The normalized spacial score (nSPS) is 11.2. The van der Waals surface area contributed by atoms with Gasteiger partial charge in [-0.1, -0.05) is 13.8 Å². The number of oxazole rings is 1. The van der Waals surface area contributed by atoms with Crippen LogP contribution >= 0.6 is 15.9 Å². The molecule has 2 aromatic rings. The molecule has 2 rings (SSSR count). The molecule has 0 saturated carbocycles. The Bertz CT molecular complexity index is 554. The molecule has 1 N–H and O–H groups in total. The van der Waals surface area contributed by atoms with Crippen molar-refractivity contribution in [3.8, 4) is 11.3 Å². The third-order valence-electron chi connectivity index (χ3n) is 2.64. The van der Waals surface area contributed by atoms with E-state index in [0.29, 0.717) is 22.2 Å². The first-order valence-electron chi connectivity index (χ1n) is 6.20. The minimum atomic E-state index is -0.281. The minimum absolute atomic E-state index is 0.281. The molecule has 5 heteroatoms. The molecule has 0 spiro atoms. The smallest absolute Gasteiger partial charge is 0.196 e. The zero-order valence-corrected chi connectivity index (χ0v) is 12.5. The Morgan fingerprint density at radius 2 is 2.21 bits per heavy atom. The highest BCUT2D eigenvalue weighted by atomic mass is 79.9. The van der Waals surface area contributed by atoms with Crippen molar-refractivity contribution < 1.29 is 8.81 Å². The number of aromatic nitrogens is 1. The van der Waals surface area contributed by atoms with Gasteiger partial charge in [0.2, 0.25) is 0 Å². The second-order valence-electron chi connectivity index (χ2n) is 4.60. The first-order chi connectivity index (χ1) is 9.06. The molecule has 0 radical (unpaired) electrons. The second-order valence-corrected chi connectivity index (χ2v) is 5.46. The van der Waals surface area contributed by atoms with E-state index in [1.165, 1.54) is 12.1 Å². The van der Waals surface area contributed by atoms with Crippen molar-refractivity contribution in [2.24, 2.45) is 0 Å². The predicted octanol–water partition coefficient (Wildman–Crippen LogP) is 3.78. The van der Waals surface area contributed by atoms with Gasteiger partial charge in [-0.15, -0.1) is 0 Å². The van der Waals surface area contributed by atoms with Crippen LogP contribution in [-0.4, -0.2) is 17.6 Å². The van der Waals surface area contributed by atoms with E-state index in [2.05, 4.69) is 40.1 Å². The molecule has 0 amide bonds. The Kier molecular flexibility index (Phi) is 4.71. The van der Waals surface area contributed by atoms with Crippen LogP contribution in [0, 0.1) is 5.82 Å². The molecule has 3 nitrogen and oxygen atoms in total. The summed E-state index contributed by atoms with van der Waals surface area (Å²) in [6, 6.07) is 4.94. The summed E-state index contributed by atoms with van der Waals surface area (Å²) in [4.78, 5) is 4.23. The summed E-state index contributed by atoms with van der Waals surface area (Å²) in [5.74, 6) is 1.04. The summed E-state index contributed by atoms with van der Waals surface area (Å²) >= 11 is 3.32. The molecule has 102 valence electrons. The van der Waals surface area contributed by atoms with Crippen LogP contribution in [-0.2, 0) is 6.42 Å². The number of nitrogens with zero attached hydrogens (tertiary/aromatic N) is 1. The van der Waals surface area contributed by atoms with Gasteiger partial charge in [0.05, 0.1) is 6.20 Å². The molecule has 0 aliphatic rings. The standard InChI is InChI=1S/C14H16BrFN2O/c1-9(2)17-6-5-14-18-8-13(19-14)11-4-3-10(16)7-12(11)15/h3-4,7-9,17H,5-6H2,1-2H3. The molecule has 1 aromatic heterocycles. The molecular formula is C14H16BrFN2O. The summed E-state index contributed by atoms with van der Waals surface area (Å²) in [6.45, 7) is 5.01. The predicted molar refractivity (Wildman–Crippen MR) is 76.4 cm³/mol. The number of halogens is 2. The molecule has 0 aliphatic carbocycles. The number of benzene rings is 1. The molecule has 0 fully saturated rings. The van der Waals surface area contributed by atoms with Crippen molar-refractivity contribution in [2.45, 2.75) is 26.3 Å². The lowest BCUT2D eigenvalue weighted by atomic mass is 10.2. The van der Waals surface area contributed by atoms with E-state index in [1.807, 2.05) is 0 Å². The van der Waals surface area contributed by atoms with Gasteiger partial charge in [-0.25, -0.2) is 9.37 Å². The molecule has 1 aromatic carbocycles. The monoisotopic (exact) mass is 326 g/mol. The van der Waals surface area contributed by atoms with Crippen molar-refractivity contribution >= 4 is 15.9 Å². The van der Waals surface area contributed by atoms with Gasteiger partial charge in [0.15, 0.2) is 11.7 Å². The van der Waals surface area contributed by atoms with E-state index in [4.69, 9.17) is 4.42 Å². The number of hydrogen-bond donors (Lipinski definition) is 1. The Morgan fingerprint density at radius 3 is 2.89 bits per heavy atom. The average Bonchev–Trinajstić information content (AvgIpc) is 2.77. The SMILES string of the molecule is CC(C)NCCc1ncc(-c2ccc(F)cc2Br)o1. The Balaban J connectivity index is 2.08. The van der Waals surface area contributed by atoms with Crippen molar-refractivity contribution in [3.05, 3.63) is 40.6 Å². The van der Waals surface area contributed by atoms with Gasteiger partial charge in [-0.05, 0) is 34.1 Å². The summed E-state index contributed by atoms with van der Waals surface area (Å²) < 4.78 is 19.4. The van der Waals surface area contributed by atoms with Crippen LogP contribution < -0.4 is 5.32 Å². The lowest BCUT2D eigenvalue weighted by Crippen LogP contribution is -2.24. The number of nitrogens with one attached hydrogen (secondary N) is 1. The fourth-order valence-electron chi connectivity index (χ4n) is 1.71. The maximum Gasteiger partial charge on any atom is 0.196 e. The van der Waals surface area contributed by atoms with Gasteiger partial charge in [-0.3, -0.25) is 0 Å². The molecule has 0 bridgehead atoms. The first-order valence-corrected chi connectivity index (χ1v) is 6.99. The third-order valence-corrected chi connectivity index (χ3v) is 3.30. The molecular weight excluding hydrogens is 311 g/mol. The Hall–Kier alpha value is -1.20. The van der Waals surface area contributed by atoms with Crippen LogP contribution in [0.2, 0.25) is 0 Å². The van der Waals surface area contributed by atoms with Gasteiger partial charge < -0.3 is 9.73 Å². The molecule has 1 heterocycles. The molecule has 0 atom stereocenters. The highest BCUT2D eigenvalue weighted by Crippen LogP contribution is 2.29. The lowest BCUT2D eigenvalue weighted by Gasteiger charge is -2.05. The molecule has 0 aliphatic heterocycles. The van der Waals surface area contributed by atoms with Gasteiger partial charge in [0.25, 0.3) is 0 Å². The van der Waals surface area contributed by atoms with E-state index in [9.17, 15) is 4.39 Å². The summed E-state index contributed by atoms with van der Waals surface area (Å²) in [6.07, 6.45) is 2.40. The van der Waals surface area contributed by atoms with Crippen LogP contribution in [0.15, 0.2) is 33.3 Å². The zero-order valence-electron chi connectivity index (χ0n) is 10.9. The fourth-order valence-corrected chi connectivity index (χ4v) is 2.25. The van der Waals surface area contributed by atoms with E-state index in [1.54, 1.807) is 12.3 Å². The zero-order chi connectivity index (χ0) is 13.8. The van der Waals surface area contributed by atoms with Crippen molar-refractivity contribution in [1.82, 2.24) is 10.3 Å². The van der Waals surface area contributed by atoms with E-state index in [0.717, 1.165) is 18.5 Å². The van der Waals surface area contributed by atoms with Crippen LogP contribution in [0.3, 0.4) is 0 Å². The maximum atomic E-state index is 13.0. The highest BCUT2D eigenvalue weighted by molar-refractivity contribution is 9.10. The first kappa shape index (κ1) is 14.2. The van der Waals surface area contributed by atoms with Crippen LogP contribution in [0.5, 0.6) is 0 Å². The van der Waals surface area contributed by atoms with Gasteiger partial charge in [0.1, 0.15) is 5.82 Å². The van der Waals surface area contributed by atoms with E-state index < -0.39 is 0 Å². The average molecular weight is 327 g/mol. The van der Waals surface area contributed by atoms with Crippen molar-refractivity contribution in [3.63, 3.8) is 0 Å². The minimum Gasteiger partial charge on any atom is -0.441 e. The largest absolute Gasteiger partial charge is 0.441 e. The molecule has 19 heavy (non-hydrogen) atoms. The Labute approximate surface area is 120 Å². The summed E-state index contributed by atoms with van der Waals surface area (Å²) in [5.41, 5.74) is 0.803. The van der Waals surface area contributed by atoms with Crippen LogP contribution in [0.1, 0.15) is 19.7 Å². The number of rotatable bonds is 5.